The highest BCUT2D eigenvalue weighted by Gasteiger charge is 2.12. The topological polar surface area (TPSA) is 35.2 Å². The minimum Gasteiger partial charge on any atom is -0.491 e. The fraction of sp³-hybridized carbons (Fsp3) is 0.500. The Morgan fingerprint density at radius 2 is 1.73 bits per heavy atom. The van der Waals surface area contributed by atoms with Gasteiger partial charge in [-0.15, -0.1) is 11.8 Å². The monoisotopic (exact) mass is 225 g/mol. The highest BCUT2D eigenvalue weighted by atomic mass is 32.2. The molecule has 0 saturated carbocycles. The van der Waals surface area contributed by atoms with Crippen molar-refractivity contribution in [1.82, 2.24) is 0 Å². The van der Waals surface area contributed by atoms with Crippen molar-refractivity contribution in [1.29, 1.82) is 0 Å². The van der Waals surface area contributed by atoms with E-state index >= 15 is 0 Å². The number of ether oxygens (including phenoxy) is 1. The highest BCUT2D eigenvalue weighted by Crippen LogP contribution is 2.29. The van der Waals surface area contributed by atoms with Crippen molar-refractivity contribution in [3.05, 3.63) is 24.3 Å². The molecule has 2 nitrogen and oxygen atoms in total. The van der Waals surface area contributed by atoms with E-state index in [1.54, 1.807) is 11.8 Å². The van der Waals surface area contributed by atoms with Crippen molar-refractivity contribution in [3.8, 4) is 5.75 Å². The average Bonchev–Trinajstić information content (AvgIpc) is 2.05. The van der Waals surface area contributed by atoms with Crippen LogP contribution in [-0.4, -0.2) is 11.0 Å². The minimum absolute atomic E-state index is 0.217. The van der Waals surface area contributed by atoms with Gasteiger partial charge in [-0.25, -0.2) is 0 Å². The summed E-state index contributed by atoms with van der Waals surface area (Å²) >= 11 is 1.65. The van der Waals surface area contributed by atoms with E-state index in [1.165, 1.54) is 4.90 Å². The zero-order chi connectivity index (χ0) is 11.5. The molecule has 0 fully saturated rings. The molecule has 1 aromatic carbocycles. The maximum absolute atomic E-state index is 5.92. The molecule has 15 heavy (non-hydrogen) atoms. The van der Waals surface area contributed by atoms with Gasteiger partial charge in [0, 0.05) is 4.90 Å². The maximum Gasteiger partial charge on any atom is 0.119 e. The second-order valence-electron chi connectivity index (χ2n) is 4.34. The van der Waals surface area contributed by atoms with Crippen LogP contribution in [0, 0.1) is 0 Å². The smallest absolute Gasteiger partial charge is 0.119 e. The first-order valence-corrected chi connectivity index (χ1v) is 5.93. The predicted octanol–water partition coefficient (Wildman–Crippen LogP) is 3.26. The molecule has 3 heteroatoms. The summed E-state index contributed by atoms with van der Waals surface area (Å²) in [4.78, 5) is 0.930. The second-order valence-corrected chi connectivity index (χ2v) is 6.07. The van der Waals surface area contributed by atoms with Crippen molar-refractivity contribution >= 4 is 11.8 Å². The summed E-state index contributed by atoms with van der Waals surface area (Å²) < 4.78 is 5.56. The van der Waals surface area contributed by atoms with Gasteiger partial charge in [0.1, 0.15) is 5.75 Å². The number of benzene rings is 1. The largest absolute Gasteiger partial charge is 0.491 e. The van der Waals surface area contributed by atoms with Crippen LogP contribution in [0.25, 0.3) is 0 Å². The second kappa shape index (κ2) is 4.90. The molecule has 0 aliphatic rings. The molecule has 0 aliphatic carbocycles. The summed E-state index contributed by atoms with van der Waals surface area (Å²) in [5.41, 5.74) is 5.92. The normalized spacial score (nSPS) is 11.9. The van der Waals surface area contributed by atoms with Gasteiger partial charge in [-0.2, -0.15) is 0 Å². The van der Waals surface area contributed by atoms with Crippen LogP contribution in [0.3, 0.4) is 0 Å². The van der Waals surface area contributed by atoms with Gasteiger partial charge in [0.15, 0.2) is 0 Å². The van der Waals surface area contributed by atoms with Gasteiger partial charge in [-0.05, 0) is 52.0 Å². The van der Waals surface area contributed by atoms with Gasteiger partial charge < -0.3 is 10.5 Å². The summed E-state index contributed by atoms with van der Waals surface area (Å²) in [6.45, 7) is 8.03. The van der Waals surface area contributed by atoms with Crippen LogP contribution in [0.1, 0.15) is 27.7 Å². The van der Waals surface area contributed by atoms with Crippen LogP contribution < -0.4 is 10.5 Å². The first-order chi connectivity index (χ1) is 6.87. The van der Waals surface area contributed by atoms with Gasteiger partial charge >= 0.3 is 0 Å². The quantitative estimate of drug-likeness (QED) is 0.631. The van der Waals surface area contributed by atoms with Gasteiger partial charge in [0.25, 0.3) is 0 Å². The molecule has 0 radical (unpaired) electrons. The summed E-state index contributed by atoms with van der Waals surface area (Å²) in [5, 5.41) is 0. The Bertz CT molecular complexity index is 300. The van der Waals surface area contributed by atoms with Gasteiger partial charge in [0.05, 0.1) is 11.0 Å². The standard InChI is InChI=1S/C12H19NOS/c1-9(2)14-10-5-7-11(8-6-10)15-12(3,4)13/h5-9H,13H2,1-4H3. The molecule has 0 unspecified atom stereocenters. The molecule has 0 saturated heterocycles. The lowest BCUT2D eigenvalue weighted by molar-refractivity contribution is 0.242. The van der Waals surface area contributed by atoms with Crippen LogP contribution in [0.5, 0.6) is 5.75 Å². The molecule has 1 aromatic rings. The van der Waals surface area contributed by atoms with E-state index in [0.717, 1.165) is 5.75 Å². The zero-order valence-electron chi connectivity index (χ0n) is 9.78. The van der Waals surface area contributed by atoms with Crippen molar-refractivity contribution in [3.63, 3.8) is 0 Å². The van der Waals surface area contributed by atoms with Crippen molar-refractivity contribution in [2.75, 3.05) is 0 Å². The molecule has 0 amide bonds. The molecule has 0 heterocycles. The summed E-state index contributed by atoms with van der Waals surface area (Å²) in [7, 11) is 0. The van der Waals surface area contributed by atoms with E-state index < -0.39 is 0 Å². The van der Waals surface area contributed by atoms with Crippen molar-refractivity contribution in [2.24, 2.45) is 5.73 Å². The lowest BCUT2D eigenvalue weighted by Gasteiger charge is -2.18. The van der Waals surface area contributed by atoms with Crippen LogP contribution >= 0.6 is 11.8 Å². The fourth-order valence-electron chi connectivity index (χ4n) is 1.16. The van der Waals surface area contributed by atoms with Crippen LogP contribution in [-0.2, 0) is 0 Å². The van der Waals surface area contributed by atoms with Gasteiger partial charge in [0.2, 0.25) is 0 Å². The van der Waals surface area contributed by atoms with E-state index in [2.05, 4.69) is 0 Å². The molecule has 0 aliphatic heterocycles. The Hall–Kier alpha value is -0.670. The van der Waals surface area contributed by atoms with E-state index in [0.29, 0.717) is 0 Å². The number of rotatable bonds is 4. The summed E-state index contributed by atoms with van der Waals surface area (Å²) in [5.74, 6) is 0.907. The minimum atomic E-state index is -0.236. The highest BCUT2D eigenvalue weighted by molar-refractivity contribution is 8.00. The average molecular weight is 225 g/mol. The Morgan fingerprint density at radius 1 is 1.20 bits per heavy atom. The van der Waals surface area contributed by atoms with E-state index in [4.69, 9.17) is 10.5 Å². The van der Waals surface area contributed by atoms with Crippen LogP contribution in [0.15, 0.2) is 29.2 Å². The molecule has 84 valence electrons. The molecule has 0 atom stereocenters. The van der Waals surface area contributed by atoms with Gasteiger partial charge in [-0.3, -0.25) is 0 Å². The van der Waals surface area contributed by atoms with Crippen molar-refractivity contribution in [2.45, 2.75) is 43.6 Å². The fourth-order valence-corrected chi connectivity index (χ4v) is 2.04. The molecule has 0 aromatic heterocycles. The molecular formula is C12H19NOS. The third kappa shape index (κ3) is 5.09. The first kappa shape index (κ1) is 12.4. The third-order valence-corrected chi connectivity index (χ3v) is 2.61. The lowest BCUT2D eigenvalue weighted by atomic mass is 10.3. The number of nitrogens with two attached hydrogens (primary N) is 1. The molecule has 0 bridgehead atoms. The number of hydrogen-bond donors (Lipinski definition) is 1. The summed E-state index contributed by atoms with van der Waals surface area (Å²) in [6.07, 6.45) is 0.217. The molecular weight excluding hydrogens is 206 g/mol. The Kier molecular flexibility index (Phi) is 4.05. The maximum atomic E-state index is 5.92. The molecule has 1 rings (SSSR count). The number of hydrogen-bond acceptors (Lipinski definition) is 3. The van der Waals surface area contributed by atoms with Gasteiger partial charge in [-0.1, -0.05) is 0 Å². The Morgan fingerprint density at radius 3 is 2.13 bits per heavy atom. The van der Waals surface area contributed by atoms with E-state index in [9.17, 15) is 0 Å². The zero-order valence-corrected chi connectivity index (χ0v) is 10.6. The SMILES string of the molecule is CC(C)Oc1ccc(SC(C)(C)N)cc1. The van der Waals surface area contributed by atoms with Crippen LogP contribution in [0.2, 0.25) is 0 Å². The predicted molar refractivity (Wildman–Crippen MR) is 66.3 cm³/mol. The van der Waals surface area contributed by atoms with Crippen molar-refractivity contribution < 1.29 is 4.74 Å². The first-order valence-electron chi connectivity index (χ1n) is 5.11. The third-order valence-electron chi connectivity index (χ3n) is 1.58. The molecule has 2 N–H and O–H groups in total. The lowest BCUT2D eigenvalue weighted by Crippen LogP contribution is -2.26. The number of thioether (sulfide) groups is 1. The Balaban J connectivity index is 2.64. The van der Waals surface area contributed by atoms with E-state index in [1.807, 2.05) is 52.0 Å². The summed E-state index contributed by atoms with van der Waals surface area (Å²) in [6, 6.07) is 8.04. The molecule has 0 spiro atoms. The Labute approximate surface area is 96.2 Å². The van der Waals surface area contributed by atoms with E-state index in [-0.39, 0.29) is 11.0 Å². The van der Waals surface area contributed by atoms with Crippen LogP contribution in [0.4, 0.5) is 0 Å².